The van der Waals surface area contributed by atoms with Crippen LogP contribution in [0.3, 0.4) is 0 Å². The molecule has 4 aromatic carbocycles. The van der Waals surface area contributed by atoms with Crippen molar-refractivity contribution in [2.75, 3.05) is 5.75 Å². The highest BCUT2D eigenvalue weighted by Crippen LogP contribution is 2.39. The molecule has 10 heteroatoms. The van der Waals surface area contributed by atoms with Crippen molar-refractivity contribution in [2.45, 2.75) is 65.9 Å². The fraction of sp³-hybridized carbons (Fsp3) is 0.306. The summed E-state index contributed by atoms with van der Waals surface area (Å²) in [6, 6.07) is 17.7. The van der Waals surface area contributed by atoms with Gasteiger partial charge in [0.2, 0.25) is 10.0 Å². The summed E-state index contributed by atoms with van der Waals surface area (Å²) in [6.45, 7) is 12.9. The minimum atomic E-state index is -3.82. The first kappa shape index (κ1) is 35.4. The molecule has 46 heavy (non-hydrogen) atoms. The van der Waals surface area contributed by atoms with Gasteiger partial charge in [0, 0.05) is 37.9 Å². The van der Waals surface area contributed by atoms with Crippen LogP contribution in [0, 0.1) is 11.6 Å². The highest BCUT2D eigenvalue weighted by molar-refractivity contribution is 7.90. The monoisotopic (exact) mass is 687 g/mol. The van der Waals surface area contributed by atoms with Crippen molar-refractivity contribution in [3.63, 3.8) is 0 Å². The summed E-state index contributed by atoms with van der Waals surface area (Å²) in [7, 11) is -3.82. The van der Waals surface area contributed by atoms with Gasteiger partial charge in [0.05, 0.1) is 5.75 Å². The van der Waals surface area contributed by atoms with Crippen molar-refractivity contribution in [3.8, 4) is 28.0 Å². The number of ether oxygens (including phenoxy) is 1. The number of amides is 1. The third-order valence-corrected chi connectivity index (χ3v) is 9.44. The molecule has 0 aliphatic rings. The molecule has 0 bridgehead atoms. The minimum Gasteiger partial charge on any atom is -0.489 e. The van der Waals surface area contributed by atoms with Crippen molar-refractivity contribution >= 4 is 39.1 Å². The number of hydrogen-bond donors (Lipinski definition) is 1. The van der Waals surface area contributed by atoms with Crippen LogP contribution in [0.25, 0.3) is 22.3 Å². The van der Waals surface area contributed by atoms with Crippen molar-refractivity contribution < 1.29 is 26.7 Å². The van der Waals surface area contributed by atoms with E-state index >= 15 is 8.78 Å². The normalized spacial score (nSPS) is 12.2. The molecule has 1 amide bonds. The molecule has 0 heterocycles. The lowest BCUT2D eigenvalue weighted by molar-refractivity contribution is 0.0981. The lowest BCUT2D eigenvalue weighted by Crippen LogP contribution is -2.31. The van der Waals surface area contributed by atoms with E-state index in [1.807, 2.05) is 46.3 Å². The van der Waals surface area contributed by atoms with Gasteiger partial charge in [-0.1, -0.05) is 82.9 Å². The Kier molecular flexibility index (Phi) is 10.3. The number of benzene rings is 4. The molecular weight excluding hydrogens is 651 g/mol. The standard InChI is InChI=1S/C36H37Cl2F2NO4S/c1-8-46(43,44)41-34(42)22-12-14-30(37)25(18-22)27-16-21(17-29(33(27)40)36(5,6)7)20-45-23-13-15-31(38)26(19-23)24-10-9-11-28(32(24)39)35(2,3)4/h9-19H,8,20H2,1-7H3,(H,41,42). The number of nitrogens with one attached hydrogen (secondary N) is 1. The third-order valence-electron chi connectivity index (χ3n) is 7.53. The fourth-order valence-electron chi connectivity index (χ4n) is 4.94. The number of carbonyl (C=O) groups is 1. The number of carbonyl (C=O) groups excluding carboxylic acids is 1. The Morgan fingerprint density at radius 2 is 1.35 bits per heavy atom. The Labute approximate surface area is 280 Å². The molecule has 1 N–H and O–H groups in total. The Morgan fingerprint density at radius 1 is 0.761 bits per heavy atom. The van der Waals surface area contributed by atoms with Crippen LogP contribution in [-0.2, 0) is 27.5 Å². The molecule has 0 saturated carbocycles. The predicted molar refractivity (Wildman–Crippen MR) is 182 cm³/mol. The van der Waals surface area contributed by atoms with Crippen LogP contribution in [0.2, 0.25) is 10.0 Å². The first-order valence-corrected chi connectivity index (χ1v) is 17.1. The van der Waals surface area contributed by atoms with Gasteiger partial charge >= 0.3 is 0 Å². The van der Waals surface area contributed by atoms with E-state index in [0.29, 0.717) is 38.6 Å². The molecule has 0 aliphatic carbocycles. The third kappa shape index (κ3) is 7.91. The fourth-order valence-corrected chi connectivity index (χ4v) is 5.92. The van der Waals surface area contributed by atoms with Crippen molar-refractivity contribution in [1.82, 2.24) is 4.72 Å². The number of hydrogen-bond acceptors (Lipinski definition) is 4. The quantitative estimate of drug-likeness (QED) is 0.200. The summed E-state index contributed by atoms with van der Waals surface area (Å²) >= 11 is 13.0. The van der Waals surface area contributed by atoms with Gasteiger partial charge in [0.1, 0.15) is 24.0 Å². The van der Waals surface area contributed by atoms with Crippen molar-refractivity contribution in [1.29, 1.82) is 0 Å². The van der Waals surface area contributed by atoms with E-state index in [2.05, 4.69) is 0 Å². The Morgan fingerprint density at radius 3 is 1.96 bits per heavy atom. The second-order valence-electron chi connectivity index (χ2n) is 13.1. The Balaban J connectivity index is 1.74. The summed E-state index contributed by atoms with van der Waals surface area (Å²) in [5.74, 6) is -1.58. The van der Waals surface area contributed by atoms with E-state index in [0.717, 1.165) is 0 Å². The van der Waals surface area contributed by atoms with Crippen LogP contribution in [0.15, 0.2) is 66.7 Å². The minimum absolute atomic E-state index is 0.00578. The molecule has 244 valence electrons. The molecule has 0 aromatic heterocycles. The van der Waals surface area contributed by atoms with Gasteiger partial charge < -0.3 is 4.74 Å². The number of rotatable bonds is 8. The van der Waals surface area contributed by atoms with Crippen LogP contribution in [-0.4, -0.2) is 20.1 Å². The average molecular weight is 689 g/mol. The number of sulfonamides is 1. The van der Waals surface area contributed by atoms with Gasteiger partial charge in [-0.25, -0.2) is 21.9 Å². The van der Waals surface area contributed by atoms with E-state index in [1.54, 1.807) is 48.5 Å². The molecule has 5 nitrogen and oxygen atoms in total. The summed E-state index contributed by atoms with van der Waals surface area (Å²) in [5, 5.41) is 0.537. The van der Waals surface area contributed by atoms with E-state index in [1.165, 1.54) is 25.1 Å². The van der Waals surface area contributed by atoms with Crippen LogP contribution in [0.4, 0.5) is 8.78 Å². The van der Waals surface area contributed by atoms with E-state index < -0.39 is 32.6 Å². The van der Waals surface area contributed by atoms with Crippen molar-refractivity contribution in [2.24, 2.45) is 0 Å². The second-order valence-corrected chi connectivity index (χ2v) is 16.0. The smallest absolute Gasteiger partial charge is 0.264 e. The lowest BCUT2D eigenvalue weighted by Gasteiger charge is -2.23. The van der Waals surface area contributed by atoms with Crippen LogP contribution < -0.4 is 9.46 Å². The largest absolute Gasteiger partial charge is 0.489 e. The molecule has 0 spiro atoms. The molecule has 0 radical (unpaired) electrons. The Hall–Kier alpha value is -3.46. The summed E-state index contributed by atoms with van der Waals surface area (Å²) < 4.78 is 63.9. The predicted octanol–water partition coefficient (Wildman–Crippen LogP) is 9.86. The van der Waals surface area contributed by atoms with Crippen molar-refractivity contribution in [3.05, 3.63) is 111 Å². The van der Waals surface area contributed by atoms with E-state index in [9.17, 15) is 13.2 Å². The highest BCUT2D eigenvalue weighted by Gasteiger charge is 2.25. The zero-order valence-corrected chi connectivity index (χ0v) is 29.1. The van der Waals surface area contributed by atoms with Gasteiger partial charge in [0.15, 0.2) is 0 Å². The molecule has 0 unspecified atom stereocenters. The number of halogens is 4. The topological polar surface area (TPSA) is 72.5 Å². The lowest BCUT2D eigenvalue weighted by atomic mass is 9.83. The van der Waals surface area contributed by atoms with Crippen LogP contribution in [0.5, 0.6) is 5.75 Å². The molecule has 4 rings (SSSR count). The molecular formula is C36H37Cl2F2NO4S. The highest BCUT2D eigenvalue weighted by atomic mass is 35.5. The maximum Gasteiger partial charge on any atom is 0.264 e. The zero-order valence-electron chi connectivity index (χ0n) is 26.8. The van der Waals surface area contributed by atoms with E-state index in [4.69, 9.17) is 27.9 Å². The van der Waals surface area contributed by atoms with Gasteiger partial charge in [0.25, 0.3) is 5.91 Å². The van der Waals surface area contributed by atoms with Gasteiger partial charge in [-0.15, -0.1) is 0 Å². The van der Waals surface area contributed by atoms with Gasteiger partial charge in [-0.05, 0) is 83.0 Å². The molecule has 0 aliphatic heterocycles. The van der Waals surface area contributed by atoms with Crippen LogP contribution in [0.1, 0.15) is 75.5 Å². The SMILES string of the molecule is CCS(=O)(=O)NC(=O)c1ccc(Cl)c(-c2cc(COc3ccc(Cl)c(-c4cccc(C(C)(C)C)c4F)c3)cc(C(C)(C)C)c2F)c1. The Bertz CT molecular complexity index is 1910. The first-order chi connectivity index (χ1) is 21.3. The molecule has 0 fully saturated rings. The summed E-state index contributed by atoms with van der Waals surface area (Å²) in [6.07, 6.45) is 0. The first-order valence-electron chi connectivity index (χ1n) is 14.7. The molecule has 4 aromatic rings. The summed E-state index contributed by atoms with van der Waals surface area (Å²) in [4.78, 5) is 12.7. The maximum absolute atomic E-state index is 16.1. The second kappa shape index (κ2) is 13.3. The average Bonchev–Trinajstić information content (AvgIpc) is 2.96. The molecule has 0 saturated heterocycles. The summed E-state index contributed by atoms with van der Waals surface area (Å²) in [5.41, 5.74) is 1.72. The van der Waals surface area contributed by atoms with Gasteiger partial charge in [-0.2, -0.15) is 0 Å². The molecule has 0 atom stereocenters. The van der Waals surface area contributed by atoms with Gasteiger partial charge in [-0.3, -0.25) is 4.79 Å². The van der Waals surface area contributed by atoms with Crippen LogP contribution >= 0.6 is 23.2 Å². The zero-order chi connectivity index (χ0) is 34.2. The van der Waals surface area contributed by atoms with E-state index in [-0.39, 0.29) is 39.9 Å². The maximum atomic E-state index is 16.1.